The minimum atomic E-state index is -4.82. The maximum atomic E-state index is 13.8. The number of fused-ring (bicyclic) bond motifs is 1. The summed E-state index contributed by atoms with van der Waals surface area (Å²) in [6.07, 6.45) is -4.24. The van der Waals surface area contributed by atoms with Gasteiger partial charge in [0.05, 0.1) is 16.9 Å². The van der Waals surface area contributed by atoms with Crippen LogP contribution in [0.25, 0.3) is 0 Å². The molecule has 40 heavy (non-hydrogen) atoms. The Hall–Kier alpha value is -4.20. The molecular formula is C26H26F5N7O2. The molecule has 2 aromatic carbocycles. The molecule has 0 saturated carbocycles. The molecule has 1 aromatic heterocycles. The number of nitrogens with one attached hydrogen (secondary N) is 4. The zero-order valence-electron chi connectivity index (χ0n) is 21.5. The van der Waals surface area contributed by atoms with E-state index in [1.165, 1.54) is 18.2 Å². The molecule has 212 valence electrons. The van der Waals surface area contributed by atoms with E-state index in [1.807, 2.05) is 18.7 Å². The van der Waals surface area contributed by atoms with E-state index < -0.39 is 30.1 Å². The molecule has 1 saturated heterocycles. The molecule has 1 amide bonds. The Labute approximate surface area is 226 Å². The maximum Gasteiger partial charge on any atom is 0.421 e. The smallest absolute Gasteiger partial charge is 0.421 e. The summed E-state index contributed by atoms with van der Waals surface area (Å²) in [5, 5.41) is 11.3. The van der Waals surface area contributed by atoms with Crippen LogP contribution >= 0.6 is 0 Å². The van der Waals surface area contributed by atoms with Gasteiger partial charge in [-0.1, -0.05) is 12.1 Å². The van der Waals surface area contributed by atoms with Crippen LogP contribution in [-0.4, -0.2) is 47.7 Å². The van der Waals surface area contributed by atoms with Crippen molar-refractivity contribution in [1.29, 1.82) is 0 Å². The van der Waals surface area contributed by atoms with Crippen LogP contribution in [-0.2, 0) is 12.7 Å². The quantitative estimate of drug-likeness (QED) is 0.298. The van der Waals surface area contributed by atoms with Gasteiger partial charge in [0, 0.05) is 49.7 Å². The highest BCUT2D eigenvalue weighted by Gasteiger charge is 2.36. The molecule has 3 heterocycles. The van der Waals surface area contributed by atoms with E-state index in [0.717, 1.165) is 0 Å². The molecule has 2 aliphatic heterocycles. The van der Waals surface area contributed by atoms with Crippen LogP contribution < -0.4 is 30.9 Å². The van der Waals surface area contributed by atoms with Crippen LogP contribution in [0.2, 0.25) is 0 Å². The Morgan fingerprint density at radius 1 is 1.12 bits per heavy atom. The molecule has 0 unspecified atom stereocenters. The molecule has 9 nitrogen and oxygen atoms in total. The van der Waals surface area contributed by atoms with Crippen LogP contribution in [0.15, 0.2) is 42.6 Å². The first-order valence-electron chi connectivity index (χ1n) is 12.4. The van der Waals surface area contributed by atoms with Gasteiger partial charge in [-0.3, -0.25) is 4.79 Å². The lowest BCUT2D eigenvalue weighted by molar-refractivity contribution is -0.137. The maximum absolute atomic E-state index is 13.8. The second-order valence-electron chi connectivity index (χ2n) is 10.0. The molecule has 14 heteroatoms. The fourth-order valence-electron chi connectivity index (χ4n) is 4.74. The van der Waals surface area contributed by atoms with Crippen LogP contribution in [0.3, 0.4) is 0 Å². The van der Waals surface area contributed by atoms with E-state index in [0.29, 0.717) is 37.1 Å². The number of halogens is 5. The lowest BCUT2D eigenvalue weighted by Gasteiger charge is -2.40. The lowest BCUT2D eigenvalue weighted by atomic mass is 10.0. The third-order valence-electron chi connectivity index (χ3n) is 6.53. The van der Waals surface area contributed by atoms with Crippen LogP contribution in [0, 0.1) is 0 Å². The summed E-state index contributed by atoms with van der Waals surface area (Å²) in [6, 6.07) is 9.35. The van der Waals surface area contributed by atoms with E-state index in [-0.39, 0.29) is 40.7 Å². The SMILES string of the molecule is CC1(C)CN(c2ccc(Nc3ncc(C(F)(F)F)c(Nc4cccc5c4C(=O)NC5)n3)c(OC(F)F)c2)CCN1. The first-order valence-corrected chi connectivity index (χ1v) is 12.4. The largest absolute Gasteiger partial charge is 0.433 e. The highest BCUT2D eigenvalue weighted by molar-refractivity contribution is 6.04. The molecule has 1 fully saturated rings. The number of ether oxygens (including phenoxy) is 1. The standard InChI is InChI=1S/C26H26F5N7O2/c1-25(2)13-38(9-8-34-25)15-6-7-17(19(10-15)40-23(27)28)36-24-33-12-16(26(29,30)31)21(37-24)35-18-5-3-4-14-11-32-22(39)20(14)18/h3-7,10,12,23,34H,8-9,11,13H2,1-2H3,(H,32,39)(H2,33,35,36,37). The minimum Gasteiger partial charge on any atom is -0.433 e. The summed E-state index contributed by atoms with van der Waals surface area (Å²) >= 11 is 0. The second-order valence-corrected chi connectivity index (χ2v) is 10.0. The summed E-state index contributed by atoms with van der Waals surface area (Å²) < 4.78 is 72.8. The molecule has 0 spiro atoms. The number of aromatic nitrogens is 2. The van der Waals surface area contributed by atoms with E-state index in [2.05, 4.69) is 31.2 Å². The molecule has 0 bridgehead atoms. The number of hydrogen-bond acceptors (Lipinski definition) is 8. The highest BCUT2D eigenvalue weighted by Crippen LogP contribution is 2.38. The van der Waals surface area contributed by atoms with Crippen molar-refractivity contribution in [3.8, 4) is 5.75 Å². The zero-order valence-corrected chi connectivity index (χ0v) is 21.5. The van der Waals surface area contributed by atoms with E-state index in [1.54, 1.807) is 18.2 Å². The number of alkyl halides is 5. The van der Waals surface area contributed by atoms with Crippen LogP contribution in [0.1, 0.15) is 35.3 Å². The average Bonchev–Trinajstić information content (AvgIpc) is 3.25. The number of piperazine rings is 1. The van der Waals surface area contributed by atoms with E-state index in [4.69, 9.17) is 4.74 Å². The van der Waals surface area contributed by atoms with Gasteiger partial charge < -0.3 is 30.9 Å². The molecule has 0 radical (unpaired) electrons. The van der Waals surface area contributed by atoms with Gasteiger partial charge in [-0.15, -0.1) is 0 Å². The number of carbonyl (C=O) groups is 1. The van der Waals surface area contributed by atoms with Crippen molar-refractivity contribution in [2.24, 2.45) is 0 Å². The summed E-state index contributed by atoms with van der Waals surface area (Å²) in [5.41, 5.74) is 0.269. The number of hydrogen-bond donors (Lipinski definition) is 4. The minimum absolute atomic E-state index is 0.0316. The summed E-state index contributed by atoms with van der Waals surface area (Å²) in [7, 11) is 0. The summed E-state index contributed by atoms with van der Waals surface area (Å²) in [6.45, 7) is 3.10. The molecule has 4 N–H and O–H groups in total. The first-order chi connectivity index (χ1) is 18.9. The summed E-state index contributed by atoms with van der Waals surface area (Å²) in [4.78, 5) is 22.0. The van der Waals surface area contributed by atoms with Gasteiger partial charge in [-0.25, -0.2) is 4.98 Å². The monoisotopic (exact) mass is 563 g/mol. The third-order valence-corrected chi connectivity index (χ3v) is 6.53. The Balaban J connectivity index is 1.48. The molecule has 2 aliphatic rings. The van der Waals surface area contributed by atoms with E-state index >= 15 is 0 Å². The molecule has 3 aromatic rings. The van der Waals surface area contributed by atoms with Crippen molar-refractivity contribution in [3.63, 3.8) is 0 Å². The normalized spacial score (nSPS) is 16.5. The molecule has 5 rings (SSSR count). The number of rotatable bonds is 7. The number of benzene rings is 2. The van der Waals surface area contributed by atoms with Crippen molar-refractivity contribution in [1.82, 2.24) is 20.6 Å². The Morgan fingerprint density at radius 2 is 1.93 bits per heavy atom. The Morgan fingerprint density at radius 3 is 2.65 bits per heavy atom. The van der Waals surface area contributed by atoms with Crippen molar-refractivity contribution in [2.45, 2.75) is 38.7 Å². The third kappa shape index (κ3) is 5.86. The van der Waals surface area contributed by atoms with Crippen molar-refractivity contribution in [3.05, 3.63) is 59.3 Å². The van der Waals surface area contributed by atoms with Crippen LogP contribution in [0.5, 0.6) is 5.75 Å². The van der Waals surface area contributed by atoms with Crippen molar-refractivity contribution in [2.75, 3.05) is 35.2 Å². The number of nitrogens with zero attached hydrogens (tertiary/aromatic N) is 3. The Bertz CT molecular complexity index is 1430. The highest BCUT2D eigenvalue weighted by atomic mass is 19.4. The predicted molar refractivity (Wildman–Crippen MR) is 139 cm³/mol. The number of carbonyl (C=O) groups excluding carboxylic acids is 1. The number of amides is 1. The van der Waals surface area contributed by atoms with Crippen LogP contribution in [0.4, 0.5) is 50.8 Å². The van der Waals surface area contributed by atoms with Gasteiger partial charge in [0.25, 0.3) is 5.91 Å². The number of anilines is 5. The predicted octanol–water partition coefficient (Wildman–Crippen LogP) is 5.02. The fraction of sp³-hybridized carbons (Fsp3) is 0.346. The molecule has 0 aliphatic carbocycles. The van der Waals surface area contributed by atoms with Gasteiger partial charge in [0.2, 0.25) is 5.95 Å². The fourth-order valence-corrected chi connectivity index (χ4v) is 4.74. The average molecular weight is 564 g/mol. The first kappa shape index (κ1) is 27.4. The van der Waals surface area contributed by atoms with Gasteiger partial charge in [-0.05, 0) is 37.6 Å². The topological polar surface area (TPSA) is 103 Å². The Kier molecular flexibility index (Phi) is 7.12. The van der Waals surface area contributed by atoms with Gasteiger partial charge in [0.1, 0.15) is 11.4 Å². The lowest BCUT2D eigenvalue weighted by Crippen LogP contribution is -2.57. The molecular weight excluding hydrogens is 537 g/mol. The van der Waals surface area contributed by atoms with Gasteiger partial charge in [-0.2, -0.15) is 26.9 Å². The van der Waals surface area contributed by atoms with Crippen molar-refractivity contribution >= 4 is 34.7 Å². The van der Waals surface area contributed by atoms with E-state index in [9.17, 15) is 26.7 Å². The van der Waals surface area contributed by atoms with Gasteiger partial charge >= 0.3 is 12.8 Å². The second kappa shape index (κ2) is 10.4. The van der Waals surface area contributed by atoms with Crippen molar-refractivity contribution < 1.29 is 31.5 Å². The van der Waals surface area contributed by atoms with Gasteiger partial charge in [0.15, 0.2) is 5.75 Å². The summed E-state index contributed by atoms with van der Waals surface area (Å²) in [5.74, 6) is -1.57. The molecule has 0 atom stereocenters. The zero-order chi connectivity index (χ0) is 28.7.